The monoisotopic (exact) mass is 312 g/mol. The summed E-state index contributed by atoms with van der Waals surface area (Å²) >= 11 is 0. The van der Waals surface area contributed by atoms with Crippen molar-refractivity contribution in [2.45, 2.75) is 32.9 Å². The Kier molecular flexibility index (Phi) is 6.18. The van der Waals surface area contributed by atoms with Crippen molar-refractivity contribution in [1.29, 1.82) is 0 Å². The number of benzene rings is 2. The molecule has 0 fully saturated rings. The summed E-state index contributed by atoms with van der Waals surface area (Å²) < 4.78 is 5.17. The molecule has 4 heteroatoms. The van der Waals surface area contributed by atoms with Crippen LogP contribution in [-0.4, -0.2) is 13.1 Å². The van der Waals surface area contributed by atoms with Gasteiger partial charge in [0, 0.05) is 19.3 Å². The molecule has 0 aliphatic carbocycles. The van der Waals surface area contributed by atoms with E-state index in [9.17, 15) is 4.79 Å². The van der Waals surface area contributed by atoms with Crippen LogP contribution in [0.15, 0.2) is 48.5 Å². The van der Waals surface area contributed by atoms with E-state index in [0.717, 1.165) is 16.8 Å². The van der Waals surface area contributed by atoms with Gasteiger partial charge in [-0.15, -0.1) is 0 Å². The van der Waals surface area contributed by atoms with Gasteiger partial charge in [-0.3, -0.25) is 0 Å². The van der Waals surface area contributed by atoms with E-state index in [2.05, 4.69) is 24.5 Å². The fourth-order valence-electron chi connectivity index (χ4n) is 2.33. The molecule has 0 spiro atoms. The Morgan fingerprint density at radius 2 is 1.70 bits per heavy atom. The van der Waals surface area contributed by atoms with Crippen LogP contribution in [0.4, 0.5) is 10.5 Å². The number of amides is 2. The normalized spacial score (nSPS) is 10.6. The summed E-state index contributed by atoms with van der Waals surface area (Å²) in [6.45, 7) is 5.30. The highest BCUT2D eigenvalue weighted by Crippen LogP contribution is 2.17. The van der Waals surface area contributed by atoms with E-state index in [0.29, 0.717) is 19.1 Å². The molecular weight excluding hydrogens is 288 g/mol. The number of carbonyl (C=O) groups excluding carboxylic acids is 1. The molecule has 2 rings (SSSR count). The van der Waals surface area contributed by atoms with Crippen LogP contribution in [0.2, 0.25) is 0 Å². The minimum atomic E-state index is -0.213. The van der Waals surface area contributed by atoms with Crippen LogP contribution in [0.25, 0.3) is 0 Å². The Morgan fingerprint density at radius 3 is 2.30 bits per heavy atom. The Bertz CT molecular complexity index is 636. The maximum absolute atomic E-state index is 12.0. The first kappa shape index (κ1) is 17.0. The summed E-state index contributed by atoms with van der Waals surface area (Å²) in [4.78, 5) is 12.0. The molecule has 0 atom stereocenters. The predicted molar refractivity (Wildman–Crippen MR) is 93.5 cm³/mol. The van der Waals surface area contributed by atoms with Gasteiger partial charge < -0.3 is 15.4 Å². The van der Waals surface area contributed by atoms with Crippen LogP contribution in [0.3, 0.4) is 0 Å². The Balaban J connectivity index is 1.90. The summed E-state index contributed by atoms with van der Waals surface area (Å²) in [6.07, 6.45) is 0. The van der Waals surface area contributed by atoms with Crippen molar-refractivity contribution in [3.63, 3.8) is 0 Å². The number of urea groups is 1. The van der Waals surface area contributed by atoms with Gasteiger partial charge in [-0.1, -0.05) is 50.2 Å². The number of hydrogen-bond donors (Lipinski definition) is 2. The van der Waals surface area contributed by atoms with Crippen LogP contribution < -0.4 is 10.6 Å². The highest BCUT2D eigenvalue weighted by molar-refractivity contribution is 5.89. The molecule has 0 unspecified atom stereocenters. The number of methoxy groups -OCH3 is 1. The number of ether oxygens (including phenoxy) is 1. The van der Waals surface area contributed by atoms with Crippen molar-refractivity contribution in [3.8, 4) is 0 Å². The fourth-order valence-corrected chi connectivity index (χ4v) is 2.33. The SMILES string of the molecule is COCc1ccccc1CNC(=O)Nc1ccc(C(C)C)cc1. The van der Waals surface area contributed by atoms with Gasteiger partial charge in [0.15, 0.2) is 0 Å². The lowest BCUT2D eigenvalue weighted by Crippen LogP contribution is -2.28. The molecule has 0 aliphatic rings. The van der Waals surface area contributed by atoms with Gasteiger partial charge in [-0.2, -0.15) is 0 Å². The zero-order chi connectivity index (χ0) is 16.7. The van der Waals surface area contributed by atoms with E-state index in [1.165, 1.54) is 5.56 Å². The van der Waals surface area contributed by atoms with Crippen LogP contribution in [0.1, 0.15) is 36.5 Å². The second-order valence-electron chi connectivity index (χ2n) is 5.79. The van der Waals surface area contributed by atoms with E-state index >= 15 is 0 Å². The molecule has 122 valence electrons. The van der Waals surface area contributed by atoms with E-state index in [1.807, 2.05) is 48.5 Å². The van der Waals surface area contributed by atoms with Crippen molar-refractivity contribution < 1.29 is 9.53 Å². The van der Waals surface area contributed by atoms with Gasteiger partial charge in [-0.05, 0) is 34.7 Å². The van der Waals surface area contributed by atoms with Crippen LogP contribution in [0, 0.1) is 0 Å². The van der Waals surface area contributed by atoms with E-state index in [1.54, 1.807) is 7.11 Å². The van der Waals surface area contributed by atoms with Crippen molar-refractivity contribution in [2.75, 3.05) is 12.4 Å². The molecular formula is C19H24N2O2. The first-order chi connectivity index (χ1) is 11.1. The quantitative estimate of drug-likeness (QED) is 0.836. The molecule has 0 saturated heterocycles. The molecule has 4 nitrogen and oxygen atoms in total. The van der Waals surface area contributed by atoms with Crippen molar-refractivity contribution >= 4 is 11.7 Å². The number of anilines is 1. The van der Waals surface area contributed by atoms with Crippen LogP contribution in [0.5, 0.6) is 0 Å². The third-order valence-corrected chi connectivity index (χ3v) is 3.69. The third-order valence-electron chi connectivity index (χ3n) is 3.69. The molecule has 0 saturated carbocycles. The maximum Gasteiger partial charge on any atom is 0.319 e. The molecule has 2 N–H and O–H groups in total. The average Bonchev–Trinajstić information content (AvgIpc) is 2.55. The molecule has 0 aromatic heterocycles. The van der Waals surface area contributed by atoms with Crippen molar-refractivity contribution in [3.05, 3.63) is 65.2 Å². The standard InChI is InChI=1S/C19H24N2O2/c1-14(2)15-8-10-18(11-9-15)21-19(22)20-12-16-6-4-5-7-17(16)13-23-3/h4-11,14H,12-13H2,1-3H3,(H2,20,21,22). The zero-order valence-corrected chi connectivity index (χ0v) is 13.9. The van der Waals surface area contributed by atoms with Gasteiger partial charge in [-0.25, -0.2) is 4.79 Å². The lowest BCUT2D eigenvalue weighted by atomic mass is 10.0. The maximum atomic E-state index is 12.0. The molecule has 0 radical (unpaired) electrons. The topological polar surface area (TPSA) is 50.4 Å². The van der Waals surface area contributed by atoms with Crippen molar-refractivity contribution in [2.24, 2.45) is 0 Å². The number of hydrogen-bond acceptors (Lipinski definition) is 2. The number of nitrogens with one attached hydrogen (secondary N) is 2. The van der Waals surface area contributed by atoms with E-state index < -0.39 is 0 Å². The third kappa shape index (κ3) is 5.11. The van der Waals surface area contributed by atoms with E-state index in [4.69, 9.17) is 4.74 Å². The highest BCUT2D eigenvalue weighted by atomic mass is 16.5. The van der Waals surface area contributed by atoms with Crippen molar-refractivity contribution in [1.82, 2.24) is 5.32 Å². The Morgan fingerprint density at radius 1 is 1.04 bits per heavy atom. The average molecular weight is 312 g/mol. The Labute approximate surface area is 137 Å². The molecule has 2 aromatic carbocycles. The Hall–Kier alpha value is -2.33. The molecule has 23 heavy (non-hydrogen) atoms. The summed E-state index contributed by atoms with van der Waals surface area (Å²) in [5.74, 6) is 0.482. The number of rotatable bonds is 6. The van der Waals surface area contributed by atoms with Gasteiger partial charge >= 0.3 is 6.03 Å². The molecule has 0 heterocycles. The van der Waals surface area contributed by atoms with Crippen LogP contribution >= 0.6 is 0 Å². The molecule has 0 aliphatic heterocycles. The lowest BCUT2D eigenvalue weighted by Gasteiger charge is -2.12. The largest absolute Gasteiger partial charge is 0.380 e. The second kappa shape index (κ2) is 8.34. The summed E-state index contributed by atoms with van der Waals surface area (Å²) in [5.41, 5.74) is 4.18. The lowest BCUT2D eigenvalue weighted by molar-refractivity contribution is 0.184. The minimum absolute atomic E-state index is 0.213. The van der Waals surface area contributed by atoms with Gasteiger partial charge in [0.05, 0.1) is 6.61 Å². The smallest absolute Gasteiger partial charge is 0.319 e. The first-order valence-electron chi connectivity index (χ1n) is 7.80. The second-order valence-corrected chi connectivity index (χ2v) is 5.79. The van der Waals surface area contributed by atoms with Gasteiger partial charge in [0.25, 0.3) is 0 Å². The molecule has 2 amide bonds. The fraction of sp³-hybridized carbons (Fsp3) is 0.316. The predicted octanol–water partition coefficient (Wildman–Crippen LogP) is 4.28. The van der Waals surface area contributed by atoms with Crippen LogP contribution in [-0.2, 0) is 17.9 Å². The minimum Gasteiger partial charge on any atom is -0.380 e. The zero-order valence-electron chi connectivity index (χ0n) is 13.9. The molecule has 0 bridgehead atoms. The summed E-state index contributed by atoms with van der Waals surface area (Å²) in [5, 5.41) is 5.73. The molecule has 2 aromatic rings. The first-order valence-corrected chi connectivity index (χ1v) is 7.80. The number of carbonyl (C=O) groups is 1. The van der Waals surface area contributed by atoms with Gasteiger partial charge in [0.1, 0.15) is 0 Å². The summed E-state index contributed by atoms with van der Waals surface area (Å²) in [6, 6.07) is 15.6. The highest BCUT2D eigenvalue weighted by Gasteiger charge is 2.05. The van der Waals surface area contributed by atoms with E-state index in [-0.39, 0.29) is 6.03 Å². The van der Waals surface area contributed by atoms with Gasteiger partial charge in [0.2, 0.25) is 0 Å². The summed E-state index contributed by atoms with van der Waals surface area (Å²) in [7, 11) is 1.66.